The van der Waals surface area contributed by atoms with Crippen molar-refractivity contribution in [2.24, 2.45) is 17.3 Å². The maximum absolute atomic E-state index is 13.0. The Hall–Kier alpha value is -2.04. The zero-order valence-electron chi connectivity index (χ0n) is 14.2. The van der Waals surface area contributed by atoms with Crippen molar-refractivity contribution in [1.29, 1.82) is 0 Å². The van der Waals surface area contributed by atoms with E-state index >= 15 is 0 Å². The molecule has 1 aromatic rings. The van der Waals surface area contributed by atoms with Crippen LogP contribution in [-0.4, -0.2) is 30.1 Å². The minimum atomic E-state index is -0.997. The van der Waals surface area contributed by atoms with Crippen molar-refractivity contribution in [2.75, 3.05) is 7.11 Å². The van der Waals surface area contributed by atoms with Crippen LogP contribution in [0.4, 0.5) is 0 Å². The van der Waals surface area contributed by atoms with Crippen molar-refractivity contribution in [1.82, 2.24) is 5.32 Å². The van der Waals surface area contributed by atoms with Gasteiger partial charge in [0, 0.05) is 0 Å². The molecule has 2 saturated carbocycles. The van der Waals surface area contributed by atoms with Gasteiger partial charge in [-0.1, -0.05) is 18.6 Å². The van der Waals surface area contributed by atoms with Gasteiger partial charge in [-0.3, -0.25) is 9.59 Å². The number of ether oxygens (including phenoxy) is 1. The molecule has 0 aliphatic heterocycles. The van der Waals surface area contributed by atoms with Gasteiger partial charge in [-0.2, -0.15) is 0 Å². The largest absolute Gasteiger partial charge is 0.497 e. The molecule has 24 heavy (non-hydrogen) atoms. The second-order valence-electron chi connectivity index (χ2n) is 7.30. The van der Waals surface area contributed by atoms with E-state index in [1.807, 2.05) is 24.3 Å². The first-order chi connectivity index (χ1) is 11.4. The molecule has 5 nitrogen and oxygen atoms in total. The van der Waals surface area contributed by atoms with Crippen molar-refractivity contribution in [3.63, 3.8) is 0 Å². The smallest absolute Gasteiger partial charge is 0.325 e. The molecule has 1 aromatic carbocycles. The number of carboxylic acids is 1. The maximum Gasteiger partial charge on any atom is 0.325 e. The fourth-order valence-corrected chi connectivity index (χ4v) is 4.57. The van der Waals surface area contributed by atoms with Crippen LogP contribution < -0.4 is 10.1 Å². The molecule has 0 saturated heterocycles. The van der Waals surface area contributed by atoms with E-state index in [9.17, 15) is 9.59 Å². The van der Waals surface area contributed by atoms with Gasteiger partial charge >= 0.3 is 5.97 Å². The van der Waals surface area contributed by atoms with Gasteiger partial charge in [0.1, 0.15) is 11.8 Å². The number of nitrogens with one attached hydrogen (secondary N) is 1. The summed E-state index contributed by atoms with van der Waals surface area (Å²) in [5.41, 5.74) is 0.582. The number of benzene rings is 1. The van der Waals surface area contributed by atoms with Crippen molar-refractivity contribution >= 4 is 11.9 Å². The topological polar surface area (TPSA) is 75.6 Å². The molecule has 0 heterocycles. The maximum atomic E-state index is 13.0. The fraction of sp³-hybridized carbons (Fsp3) is 0.579. The van der Waals surface area contributed by atoms with Crippen LogP contribution in [-0.2, 0) is 16.0 Å². The second-order valence-corrected chi connectivity index (χ2v) is 7.30. The summed E-state index contributed by atoms with van der Waals surface area (Å²) in [6.07, 6.45) is 4.82. The van der Waals surface area contributed by atoms with Crippen LogP contribution in [0.2, 0.25) is 0 Å². The van der Waals surface area contributed by atoms with E-state index in [1.165, 1.54) is 13.3 Å². The summed E-state index contributed by atoms with van der Waals surface area (Å²) < 4.78 is 5.29. The first kappa shape index (κ1) is 16.8. The minimum absolute atomic E-state index is 0.104. The van der Waals surface area contributed by atoms with Crippen molar-refractivity contribution in [3.05, 3.63) is 29.8 Å². The van der Waals surface area contributed by atoms with Gasteiger partial charge in [0.25, 0.3) is 0 Å². The predicted octanol–water partition coefficient (Wildman–Crippen LogP) is 2.63. The lowest BCUT2D eigenvalue weighted by Crippen LogP contribution is -2.50. The highest BCUT2D eigenvalue weighted by Gasteiger charge is 2.55. The second kappa shape index (κ2) is 6.46. The van der Waals surface area contributed by atoms with Crippen LogP contribution in [0.1, 0.15) is 38.2 Å². The zero-order valence-corrected chi connectivity index (χ0v) is 14.2. The van der Waals surface area contributed by atoms with E-state index < -0.39 is 17.4 Å². The molecule has 2 bridgehead atoms. The van der Waals surface area contributed by atoms with Crippen LogP contribution >= 0.6 is 0 Å². The Labute approximate surface area is 142 Å². The minimum Gasteiger partial charge on any atom is -0.497 e. The number of aliphatic carboxylic acids is 1. The summed E-state index contributed by atoms with van der Waals surface area (Å²) in [4.78, 5) is 24.1. The molecule has 130 valence electrons. The summed E-state index contributed by atoms with van der Waals surface area (Å²) in [6, 6.07) is 6.96. The summed E-state index contributed by atoms with van der Waals surface area (Å²) >= 11 is 0. The standard InChI is InChI=1S/C19H25NO4/c1-12(17(21)22)20-18(23)19(11-14-6-7-15(19)8-14)10-13-4-3-5-16(9-13)24-2/h3-5,9,12,14-15H,6-8,10-11H2,1-2H3,(H,20,23)(H,21,22)/t12-,14?,15?,19?/m1/s1. The van der Waals surface area contributed by atoms with Crippen molar-refractivity contribution in [3.8, 4) is 5.75 Å². The first-order valence-electron chi connectivity index (χ1n) is 8.61. The molecule has 1 amide bonds. The molecule has 3 rings (SSSR count). The van der Waals surface area contributed by atoms with Gasteiger partial charge in [0.05, 0.1) is 12.5 Å². The summed E-state index contributed by atoms with van der Waals surface area (Å²) in [5.74, 6) is 0.613. The highest BCUT2D eigenvalue weighted by molar-refractivity contribution is 5.88. The number of carbonyl (C=O) groups is 2. The number of methoxy groups -OCH3 is 1. The van der Waals surface area contributed by atoms with Gasteiger partial charge in [-0.25, -0.2) is 0 Å². The lowest BCUT2D eigenvalue weighted by atomic mass is 9.68. The highest BCUT2D eigenvalue weighted by atomic mass is 16.5. The lowest BCUT2D eigenvalue weighted by molar-refractivity contribution is -0.144. The van der Waals surface area contributed by atoms with Crippen LogP contribution in [0.3, 0.4) is 0 Å². The Kier molecular flexibility index (Phi) is 4.52. The van der Waals surface area contributed by atoms with Crippen LogP contribution in [0.15, 0.2) is 24.3 Å². The molecule has 0 aromatic heterocycles. The van der Waals surface area contributed by atoms with Crippen LogP contribution in [0.25, 0.3) is 0 Å². The van der Waals surface area contributed by atoms with Gasteiger partial charge in [0.15, 0.2) is 0 Å². The Morgan fingerprint density at radius 2 is 2.21 bits per heavy atom. The van der Waals surface area contributed by atoms with E-state index in [4.69, 9.17) is 9.84 Å². The quantitative estimate of drug-likeness (QED) is 0.840. The number of amides is 1. The molecule has 2 N–H and O–H groups in total. The highest BCUT2D eigenvalue weighted by Crippen LogP contribution is 2.57. The van der Waals surface area contributed by atoms with Crippen LogP contribution in [0, 0.1) is 17.3 Å². The number of rotatable bonds is 6. The average Bonchev–Trinajstić information content (AvgIpc) is 3.16. The molecule has 2 aliphatic rings. The Bertz CT molecular complexity index is 644. The Morgan fingerprint density at radius 1 is 1.42 bits per heavy atom. The summed E-state index contributed by atoms with van der Waals surface area (Å²) in [5, 5.41) is 11.8. The van der Waals surface area contributed by atoms with E-state index in [-0.39, 0.29) is 5.91 Å². The monoisotopic (exact) mass is 331 g/mol. The Morgan fingerprint density at radius 3 is 2.79 bits per heavy atom. The van der Waals surface area contributed by atoms with E-state index in [0.29, 0.717) is 18.3 Å². The molecule has 5 heteroatoms. The van der Waals surface area contributed by atoms with Gasteiger partial charge < -0.3 is 15.2 Å². The van der Waals surface area contributed by atoms with Gasteiger partial charge in [-0.05, 0) is 62.1 Å². The average molecular weight is 331 g/mol. The van der Waals surface area contributed by atoms with Crippen molar-refractivity contribution < 1.29 is 19.4 Å². The fourth-order valence-electron chi connectivity index (χ4n) is 4.57. The van der Waals surface area contributed by atoms with E-state index in [0.717, 1.165) is 30.6 Å². The third-order valence-electron chi connectivity index (χ3n) is 5.80. The molecule has 3 unspecified atom stereocenters. The van der Waals surface area contributed by atoms with Crippen LogP contribution in [0.5, 0.6) is 5.75 Å². The molecule has 2 fully saturated rings. The number of carbonyl (C=O) groups excluding carboxylic acids is 1. The van der Waals surface area contributed by atoms with Gasteiger partial charge in [-0.15, -0.1) is 0 Å². The molecule has 0 radical (unpaired) electrons. The number of hydrogen-bond acceptors (Lipinski definition) is 3. The van der Waals surface area contributed by atoms with Crippen molar-refractivity contribution in [2.45, 2.75) is 45.1 Å². The molecule has 4 atom stereocenters. The first-order valence-corrected chi connectivity index (χ1v) is 8.61. The van der Waals surface area contributed by atoms with E-state index in [2.05, 4.69) is 5.32 Å². The lowest BCUT2D eigenvalue weighted by Gasteiger charge is -2.37. The summed E-state index contributed by atoms with van der Waals surface area (Å²) in [6.45, 7) is 1.52. The van der Waals surface area contributed by atoms with Gasteiger partial charge in [0.2, 0.25) is 5.91 Å². The predicted molar refractivity (Wildman–Crippen MR) is 89.8 cm³/mol. The van der Waals surface area contributed by atoms with E-state index in [1.54, 1.807) is 7.11 Å². The third-order valence-corrected chi connectivity index (χ3v) is 5.80. The number of carboxylic acid groups (broad SMARTS) is 1. The number of hydrogen-bond donors (Lipinski definition) is 2. The molecule has 0 spiro atoms. The molecular formula is C19H25NO4. The summed E-state index contributed by atoms with van der Waals surface area (Å²) in [7, 11) is 1.63. The zero-order chi connectivity index (χ0) is 17.3. The Balaban J connectivity index is 1.86. The SMILES string of the molecule is COc1cccc(CC2(C(=O)N[C@H](C)C(=O)O)CC3CCC2C3)c1. The molecule has 2 aliphatic carbocycles. The molecular weight excluding hydrogens is 306 g/mol. The third kappa shape index (κ3) is 2.99. The normalized spacial score (nSPS) is 29.2. The number of fused-ring (bicyclic) bond motifs is 2.